The highest BCUT2D eigenvalue weighted by Crippen LogP contribution is 2.09. The van der Waals surface area contributed by atoms with Gasteiger partial charge >= 0.3 is 0 Å². The van der Waals surface area contributed by atoms with Crippen molar-refractivity contribution in [1.29, 1.82) is 0 Å². The van der Waals surface area contributed by atoms with Crippen LogP contribution >= 0.6 is 0 Å². The molecule has 0 saturated carbocycles. The van der Waals surface area contributed by atoms with Gasteiger partial charge < -0.3 is 16.0 Å². The Bertz CT molecular complexity index is 384. The van der Waals surface area contributed by atoms with E-state index in [2.05, 4.69) is 43.2 Å². The summed E-state index contributed by atoms with van der Waals surface area (Å²) in [4.78, 5) is 6.64. The van der Waals surface area contributed by atoms with Crippen LogP contribution in [0.2, 0.25) is 0 Å². The third-order valence-corrected chi connectivity index (χ3v) is 2.99. The normalized spacial score (nSPS) is 13.9. The van der Waals surface area contributed by atoms with Crippen LogP contribution in [0.15, 0.2) is 35.3 Å². The molecular weight excluding hydrogens is 236 g/mol. The van der Waals surface area contributed by atoms with E-state index in [9.17, 15) is 0 Å². The van der Waals surface area contributed by atoms with Gasteiger partial charge in [0.05, 0.1) is 6.54 Å². The maximum absolute atomic E-state index is 5.91. The SMILES string of the molecule is CC(C)CC(CN=C(N)Nc1ccccc1)N(C)C. The number of benzene rings is 1. The summed E-state index contributed by atoms with van der Waals surface area (Å²) >= 11 is 0. The Kier molecular flexibility index (Phi) is 6.36. The van der Waals surface area contributed by atoms with E-state index in [1.54, 1.807) is 0 Å². The fourth-order valence-corrected chi connectivity index (χ4v) is 1.91. The van der Waals surface area contributed by atoms with Gasteiger partial charge in [0.1, 0.15) is 0 Å². The molecule has 1 aromatic carbocycles. The summed E-state index contributed by atoms with van der Waals surface area (Å²) in [5.41, 5.74) is 6.87. The summed E-state index contributed by atoms with van der Waals surface area (Å²) < 4.78 is 0. The molecule has 0 aliphatic carbocycles. The van der Waals surface area contributed by atoms with Gasteiger partial charge in [-0.15, -0.1) is 0 Å². The van der Waals surface area contributed by atoms with Gasteiger partial charge in [-0.2, -0.15) is 0 Å². The quantitative estimate of drug-likeness (QED) is 0.611. The zero-order valence-corrected chi connectivity index (χ0v) is 12.4. The Morgan fingerprint density at radius 2 is 1.89 bits per heavy atom. The highest BCUT2D eigenvalue weighted by molar-refractivity contribution is 5.92. The summed E-state index contributed by atoms with van der Waals surface area (Å²) in [5, 5.41) is 3.10. The van der Waals surface area contributed by atoms with E-state index >= 15 is 0 Å². The number of nitrogens with one attached hydrogen (secondary N) is 1. The van der Waals surface area contributed by atoms with Gasteiger partial charge in [0, 0.05) is 11.7 Å². The molecular formula is C15H26N4. The van der Waals surface area contributed by atoms with Gasteiger partial charge in [-0.25, -0.2) is 0 Å². The summed E-state index contributed by atoms with van der Waals surface area (Å²) in [7, 11) is 4.17. The number of aliphatic imine (C=N–C) groups is 1. The van der Waals surface area contributed by atoms with Crippen molar-refractivity contribution >= 4 is 11.6 Å². The molecule has 19 heavy (non-hydrogen) atoms. The summed E-state index contributed by atoms with van der Waals surface area (Å²) in [6, 6.07) is 10.3. The molecule has 0 fully saturated rings. The molecule has 3 N–H and O–H groups in total. The first-order valence-corrected chi connectivity index (χ1v) is 6.77. The Balaban J connectivity index is 2.53. The molecule has 0 aromatic heterocycles. The van der Waals surface area contributed by atoms with Gasteiger partial charge in [-0.1, -0.05) is 32.0 Å². The summed E-state index contributed by atoms with van der Waals surface area (Å²) in [5.74, 6) is 1.13. The Morgan fingerprint density at radius 1 is 1.26 bits per heavy atom. The topological polar surface area (TPSA) is 53.6 Å². The van der Waals surface area contributed by atoms with Crippen LogP contribution in [0.1, 0.15) is 20.3 Å². The minimum absolute atomic E-state index is 0.427. The Labute approximate surface area is 116 Å². The molecule has 0 aliphatic rings. The lowest BCUT2D eigenvalue weighted by molar-refractivity contribution is 0.261. The predicted molar refractivity (Wildman–Crippen MR) is 83.5 cm³/mol. The molecule has 4 nitrogen and oxygen atoms in total. The molecule has 0 heterocycles. The first kappa shape index (κ1) is 15.5. The van der Waals surface area contributed by atoms with Crippen LogP contribution < -0.4 is 11.1 Å². The molecule has 1 unspecified atom stereocenters. The van der Waals surface area contributed by atoms with Crippen LogP contribution in [0.3, 0.4) is 0 Å². The monoisotopic (exact) mass is 262 g/mol. The number of para-hydroxylation sites is 1. The predicted octanol–water partition coefficient (Wildman–Crippen LogP) is 2.39. The van der Waals surface area contributed by atoms with Crippen molar-refractivity contribution in [2.45, 2.75) is 26.3 Å². The third-order valence-electron chi connectivity index (χ3n) is 2.99. The van der Waals surface area contributed by atoms with Crippen molar-refractivity contribution in [2.75, 3.05) is 26.0 Å². The molecule has 0 saturated heterocycles. The largest absolute Gasteiger partial charge is 0.370 e. The number of guanidine groups is 1. The lowest BCUT2D eigenvalue weighted by Crippen LogP contribution is -2.34. The molecule has 1 aromatic rings. The van der Waals surface area contributed by atoms with E-state index in [0.29, 0.717) is 17.9 Å². The van der Waals surface area contributed by atoms with Gasteiger partial charge in [-0.05, 0) is 38.6 Å². The zero-order chi connectivity index (χ0) is 14.3. The van der Waals surface area contributed by atoms with Gasteiger partial charge in [0.25, 0.3) is 0 Å². The second kappa shape index (κ2) is 7.79. The second-order valence-corrected chi connectivity index (χ2v) is 5.46. The molecule has 0 amide bonds. The first-order chi connectivity index (χ1) is 8.99. The Morgan fingerprint density at radius 3 is 2.42 bits per heavy atom. The zero-order valence-electron chi connectivity index (χ0n) is 12.4. The number of hydrogen-bond donors (Lipinski definition) is 2. The molecule has 0 aliphatic heterocycles. The second-order valence-electron chi connectivity index (χ2n) is 5.46. The molecule has 1 atom stereocenters. The Hall–Kier alpha value is -1.55. The molecule has 106 valence electrons. The van der Waals surface area contributed by atoms with Crippen molar-refractivity contribution in [3.8, 4) is 0 Å². The number of hydrogen-bond acceptors (Lipinski definition) is 2. The lowest BCUT2D eigenvalue weighted by Gasteiger charge is -2.24. The molecule has 4 heteroatoms. The fourth-order valence-electron chi connectivity index (χ4n) is 1.91. The maximum Gasteiger partial charge on any atom is 0.193 e. The van der Waals surface area contributed by atoms with Crippen LogP contribution in [0, 0.1) is 5.92 Å². The number of anilines is 1. The van der Waals surface area contributed by atoms with Crippen LogP contribution in [-0.4, -0.2) is 37.5 Å². The third kappa shape index (κ3) is 6.25. The van der Waals surface area contributed by atoms with Gasteiger partial charge in [-0.3, -0.25) is 4.99 Å². The van der Waals surface area contributed by atoms with Crippen molar-refractivity contribution in [1.82, 2.24) is 4.90 Å². The highest BCUT2D eigenvalue weighted by Gasteiger charge is 2.12. The average molecular weight is 262 g/mol. The van der Waals surface area contributed by atoms with E-state index in [1.807, 2.05) is 30.3 Å². The van der Waals surface area contributed by atoms with E-state index < -0.39 is 0 Å². The van der Waals surface area contributed by atoms with Crippen LogP contribution in [0.5, 0.6) is 0 Å². The fraction of sp³-hybridized carbons (Fsp3) is 0.533. The van der Waals surface area contributed by atoms with E-state index in [1.165, 1.54) is 0 Å². The van der Waals surface area contributed by atoms with E-state index in [-0.39, 0.29) is 0 Å². The molecule has 1 rings (SSSR count). The number of nitrogens with zero attached hydrogens (tertiary/aromatic N) is 2. The number of likely N-dealkylation sites (N-methyl/N-ethyl adjacent to an activating group) is 1. The van der Waals surface area contributed by atoms with E-state index in [0.717, 1.165) is 18.7 Å². The summed E-state index contributed by atoms with van der Waals surface area (Å²) in [6.45, 7) is 5.18. The van der Waals surface area contributed by atoms with E-state index in [4.69, 9.17) is 5.73 Å². The van der Waals surface area contributed by atoms with Crippen LogP contribution in [0.25, 0.3) is 0 Å². The molecule has 0 spiro atoms. The first-order valence-electron chi connectivity index (χ1n) is 6.77. The van der Waals surface area contributed by atoms with Gasteiger partial charge in [0.15, 0.2) is 5.96 Å². The minimum Gasteiger partial charge on any atom is -0.370 e. The highest BCUT2D eigenvalue weighted by atomic mass is 15.1. The van der Waals surface area contributed by atoms with Gasteiger partial charge in [0.2, 0.25) is 0 Å². The maximum atomic E-state index is 5.91. The van der Waals surface area contributed by atoms with Crippen molar-refractivity contribution in [3.63, 3.8) is 0 Å². The standard InChI is InChI=1S/C15H26N4/c1-12(2)10-14(19(3)4)11-17-15(16)18-13-8-6-5-7-9-13/h5-9,12,14H,10-11H2,1-4H3,(H3,16,17,18). The van der Waals surface area contributed by atoms with Crippen molar-refractivity contribution in [3.05, 3.63) is 30.3 Å². The molecule has 0 bridgehead atoms. The minimum atomic E-state index is 0.427. The summed E-state index contributed by atoms with van der Waals surface area (Å²) in [6.07, 6.45) is 1.12. The van der Waals surface area contributed by atoms with Crippen LogP contribution in [-0.2, 0) is 0 Å². The van der Waals surface area contributed by atoms with Crippen molar-refractivity contribution in [2.24, 2.45) is 16.6 Å². The number of rotatable bonds is 6. The molecule has 0 radical (unpaired) electrons. The van der Waals surface area contributed by atoms with Crippen molar-refractivity contribution < 1.29 is 0 Å². The average Bonchev–Trinajstić information content (AvgIpc) is 2.35. The lowest BCUT2D eigenvalue weighted by atomic mass is 10.0. The van der Waals surface area contributed by atoms with Crippen LogP contribution in [0.4, 0.5) is 5.69 Å². The smallest absolute Gasteiger partial charge is 0.193 e. The number of nitrogens with two attached hydrogens (primary N) is 1.